The van der Waals surface area contributed by atoms with Crippen LogP contribution in [0.3, 0.4) is 0 Å². The molecule has 0 bridgehead atoms. The summed E-state index contributed by atoms with van der Waals surface area (Å²) >= 11 is 0. The average molecular weight is 278 g/mol. The van der Waals surface area contributed by atoms with Crippen molar-refractivity contribution in [2.75, 3.05) is 6.54 Å². The van der Waals surface area contributed by atoms with Gasteiger partial charge < -0.3 is 10.2 Å². The first-order valence-electron chi connectivity index (χ1n) is 6.47. The third-order valence-electron chi connectivity index (χ3n) is 3.54. The van der Waals surface area contributed by atoms with Gasteiger partial charge in [0.15, 0.2) is 0 Å². The molecule has 0 aromatic rings. The van der Waals surface area contributed by atoms with Crippen LogP contribution in [0.4, 0.5) is 13.2 Å². The zero-order valence-corrected chi connectivity index (χ0v) is 10.7. The second-order valence-electron chi connectivity index (χ2n) is 5.26. The number of alkyl halides is 3. The third-order valence-corrected chi connectivity index (χ3v) is 3.54. The SMILES string of the molecule is CC1NC(=O)C(C2CC2)N(CCCC(F)(F)F)C1=O. The van der Waals surface area contributed by atoms with Crippen LogP contribution in [0.1, 0.15) is 32.6 Å². The summed E-state index contributed by atoms with van der Waals surface area (Å²) < 4.78 is 36.4. The molecule has 1 aliphatic heterocycles. The van der Waals surface area contributed by atoms with Crippen molar-refractivity contribution in [1.82, 2.24) is 10.2 Å². The fourth-order valence-electron chi connectivity index (χ4n) is 2.47. The van der Waals surface area contributed by atoms with Gasteiger partial charge in [0.2, 0.25) is 11.8 Å². The highest BCUT2D eigenvalue weighted by atomic mass is 19.4. The lowest BCUT2D eigenvalue weighted by Gasteiger charge is -2.38. The van der Waals surface area contributed by atoms with Crippen LogP contribution in [-0.2, 0) is 9.59 Å². The molecule has 2 rings (SSSR count). The molecule has 19 heavy (non-hydrogen) atoms. The molecule has 1 heterocycles. The Bertz CT molecular complexity index is 380. The molecule has 0 radical (unpaired) electrons. The Morgan fingerprint density at radius 1 is 1.32 bits per heavy atom. The number of piperazine rings is 1. The predicted octanol–water partition coefficient (Wildman–Crippen LogP) is 1.45. The van der Waals surface area contributed by atoms with Crippen molar-refractivity contribution in [3.8, 4) is 0 Å². The smallest absolute Gasteiger partial charge is 0.343 e. The van der Waals surface area contributed by atoms with E-state index in [1.807, 2.05) is 0 Å². The maximum Gasteiger partial charge on any atom is 0.389 e. The van der Waals surface area contributed by atoms with Crippen LogP contribution in [0.5, 0.6) is 0 Å². The van der Waals surface area contributed by atoms with Gasteiger partial charge >= 0.3 is 6.18 Å². The van der Waals surface area contributed by atoms with Gasteiger partial charge in [-0.25, -0.2) is 0 Å². The van der Waals surface area contributed by atoms with E-state index in [4.69, 9.17) is 0 Å². The Hall–Kier alpha value is -1.27. The number of hydrogen-bond acceptors (Lipinski definition) is 2. The van der Waals surface area contributed by atoms with Gasteiger partial charge in [-0.3, -0.25) is 9.59 Å². The molecule has 108 valence electrons. The standard InChI is InChI=1S/C12H17F3N2O2/c1-7-11(19)17(6-2-5-12(13,14)15)9(8-3-4-8)10(18)16-7/h7-9H,2-6H2,1H3,(H,16,18). The summed E-state index contributed by atoms with van der Waals surface area (Å²) in [6.45, 7) is 1.55. The van der Waals surface area contributed by atoms with E-state index in [-0.39, 0.29) is 30.7 Å². The molecule has 1 saturated heterocycles. The zero-order valence-electron chi connectivity index (χ0n) is 10.7. The zero-order chi connectivity index (χ0) is 14.2. The van der Waals surface area contributed by atoms with E-state index >= 15 is 0 Å². The van der Waals surface area contributed by atoms with E-state index in [2.05, 4.69) is 5.32 Å². The molecule has 0 spiro atoms. The van der Waals surface area contributed by atoms with Gasteiger partial charge in [-0.1, -0.05) is 0 Å². The number of carbonyl (C=O) groups excluding carboxylic acids is 2. The fourth-order valence-corrected chi connectivity index (χ4v) is 2.47. The Morgan fingerprint density at radius 2 is 1.95 bits per heavy atom. The summed E-state index contributed by atoms with van der Waals surface area (Å²) in [5, 5.41) is 2.58. The molecule has 4 nitrogen and oxygen atoms in total. The van der Waals surface area contributed by atoms with Crippen molar-refractivity contribution in [2.45, 2.75) is 50.9 Å². The first-order chi connectivity index (χ1) is 8.79. The molecule has 1 aliphatic carbocycles. The van der Waals surface area contributed by atoms with Crippen LogP contribution in [0.2, 0.25) is 0 Å². The maximum atomic E-state index is 12.1. The second-order valence-corrected chi connectivity index (χ2v) is 5.26. The van der Waals surface area contributed by atoms with Crippen molar-refractivity contribution in [2.24, 2.45) is 5.92 Å². The Labute approximate surface area is 109 Å². The van der Waals surface area contributed by atoms with E-state index in [1.54, 1.807) is 6.92 Å². The number of rotatable bonds is 4. The normalized spacial score (nSPS) is 28.5. The Morgan fingerprint density at radius 3 is 2.47 bits per heavy atom. The van der Waals surface area contributed by atoms with E-state index in [0.29, 0.717) is 0 Å². The summed E-state index contributed by atoms with van der Waals surface area (Å²) in [5.74, 6) is -0.400. The predicted molar refractivity (Wildman–Crippen MR) is 61.1 cm³/mol. The minimum absolute atomic E-state index is 0.00271. The van der Waals surface area contributed by atoms with E-state index in [1.165, 1.54) is 4.90 Å². The first kappa shape index (κ1) is 14.1. The highest BCUT2D eigenvalue weighted by Gasteiger charge is 2.46. The maximum absolute atomic E-state index is 12.1. The molecule has 1 N–H and O–H groups in total. The van der Waals surface area contributed by atoms with Gasteiger partial charge in [-0.15, -0.1) is 0 Å². The van der Waals surface area contributed by atoms with Gasteiger partial charge in [-0.2, -0.15) is 13.2 Å². The quantitative estimate of drug-likeness (QED) is 0.846. The minimum Gasteiger partial charge on any atom is -0.343 e. The molecule has 2 atom stereocenters. The second kappa shape index (κ2) is 5.02. The molecular formula is C12H17F3N2O2. The Balaban J connectivity index is 2.00. The summed E-state index contributed by atoms with van der Waals surface area (Å²) in [6.07, 6.45) is -3.59. The van der Waals surface area contributed by atoms with Crippen LogP contribution in [0.15, 0.2) is 0 Å². The van der Waals surface area contributed by atoms with Gasteiger partial charge in [0, 0.05) is 13.0 Å². The van der Waals surface area contributed by atoms with Crippen LogP contribution in [0.25, 0.3) is 0 Å². The average Bonchev–Trinajstić information content (AvgIpc) is 3.07. The molecule has 2 unspecified atom stereocenters. The number of hydrogen-bond donors (Lipinski definition) is 1. The minimum atomic E-state index is -4.22. The lowest BCUT2D eigenvalue weighted by molar-refractivity contribution is -0.152. The number of carbonyl (C=O) groups is 2. The van der Waals surface area contributed by atoms with Crippen LogP contribution in [0, 0.1) is 5.92 Å². The molecular weight excluding hydrogens is 261 g/mol. The molecule has 2 fully saturated rings. The molecule has 2 amide bonds. The van der Waals surface area contributed by atoms with Gasteiger partial charge in [0.05, 0.1) is 0 Å². The fraction of sp³-hybridized carbons (Fsp3) is 0.833. The van der Waals surface area contributed by atoms with E-state index < -0.39 is 24.7 Å². The Kier molecular flexibility index (Phi) is 3.73. The first-order valence-corrected chi connectivity index (χ1v) is 6.47. The van der Waals surface area contributed by atoms with Crippen molar-refractivity contribution < 1.29 is 22.8 Å². The van der Waals surface area contributed by atoms with Crippen molar-refractivity contribution >= 4 is 11.8 Å². The number of nitrogens with zero attached hydrogens (tertiary/aromatic N) is 1. The van der Waals surface area contributed by atoms with Crippen molar-refractivity contribution in [3.63, 3.8) is 0 Å². The highest BCUT2D eigenvalue weighted by Crippen LogP contribution is 2.37. The van der Waals surface area contributed by atoms with Crippen molar-refractivity contribution in [1.29, 1.82) is 0 Å². The molecule has 7 heteroatoms. The summed E-state index contributed by atoms with van der Waals surface area (Å²) in [7, 11) is 0. The van der Waals surface area contributed by atoms with E-state index in [0.717, 1.165) is 12.8 Å². The number of halogens is 3. The van der Waals surface area contributed by atoms with Crippen LogP contribution < -0.4 is 5.32 Å². The van der Waals surface area contributed by atoms with Gasteiger partial charge in [0.1, 0.15) is 12.1 Å². The monoisotopic (exact) mass is 278 g/mol. The molecule has 2 aliphatic rings. The topological polar surface area (TPSA) is 49.4 Å². The lowest BCUT2D eigenvalue weighted by atomic mass is 10.0. The highest BCUT2D eigenvalue weighted by molar-refractivity contribution is 5.97. The van der Waals surface area contributed by atoms with E-state index in [9.17, 15) is 22.8 Å². The van der Waals surface area contributed by atoms with Gasteiger partial charge in [0.25, 0.3) is 0 Å². The lowest BCUT2D eigenvalue weighted by Crippen LogP contribution is -2.63. The molecule has 0 aromatic carbocycles. The third kappa shape index (κ3) is 3.39. The van der Waals surface area contributed by atoms with Gasteiger partial charge in [-0.05, 0) is 32.1 Å². The number of nitrogens with one attached hydrogen (secondary N) is 1. The largest absolute Gasteiger partial charge is 0.389 e. The van der Waals surface area contributed by atoms with Crippen LogP contribution in [-0.4, -0.2) is 41.5 Å². The number of amides is 2. The summed E-state index contributed by atoms with van der Waals surface area (Å²) in [6, 6.07) is -1.22. The molecule has 0 aromatic heterocycles. The summed E-state index contributed by atoms with van der Waals surface area (Å²) in [4.78, 5) is 25.2. The molecule has 1 saturated carbocycles. The van der Waals surface area contributed by atoms with Crippen LogP contribution >= 0.6 is 0 Å². The summed E-state index contributed by atoms with van der Waals surface area (Å²) in [5.41, 5.74) is 0. The van der Waals surface area contributed by atoms with Crippen molar-refractivity contribution in [3.05, 3.63) is 0 Å².